The molecule has 1 fully saturated rings. The van der Waals surface area contributed by atoms with Crippen molar-refractivity contribution in [1.29, 1.82) is 0 Å². The van der Waals surface area contributed by atoms with Crippen LogP contribution >= 0.6 is 0 Å². The molecule has 0 bridgehead atoms. The Bertz CT molecular complexity index is 535. The van der Waals surface area contributed by atoms with Gasteiger partial charge in [-0.25, -0.2) is 0 Å². The smallest absolute Gasteiger partial charge is 0.235 e. The van der Waals surface area contributed by atoms with Crippen molar-refractivity contribution in [1.82, 2.24) is 14.9 Å². The van der Waals surface area contributed by atoms with Gasteiger partial charge in [-0.3, -0.25) is 9.78 Å². The average Bonchev–Trinajstić information content (AvgIpc) is 2.53. The van der Waals surface area contributed by atoms with E-state index in [1.54, 1.807) is 4.90 Å². The summed E-state index contributed by atoms with van der Waals surface area (Å²) >= 11 is 0. The van der Waals surface area contributed by atoms with Crippen LogP contribution < -0.4 is 9.47 Å². The van der Waals surface area contributed by atoms with E-state index in [1.165, 1.54) is 26.4 Å². The topological polar surface area (TPSA) is 81.6 Å². The number of hydrogen-bond donors (Lipinski definition) is 0. The monoisotopic (exact) mass is 307 g/mol. The van der Waals surface area contributed by atoms with Gasteiger partial charge >= 0.3 is 0 Å². The predicted molar refractivity (Wildman–Crippen MR) is 78.7 cm³/mol. The summed E-state index contributed by atoms with van der Waals surface area (Å²) in [7, 11) is 1.52. The number of rotatable bonds is 6. The average molecular weight is 307 g/mol. The zero-order valence-electron chi connectivity index (χ0n) is 12.9. The van der Waals surface area contributed by atoms with Crippen LogP contribution in [0.2, 0.25) is 0 Å². The lowest BCUT2D eigenvalue weighted by atomic mass is 10.1. The van der Waals surface area contributed by atoms with Gasteiger partial charge in [0.25, 0.3) is 0 Å². The second kappa shape index (κ2) is 7.72. The van der Waals surface area contributed by atoms with E-state index in [1.807, 2.05) is 0 Å². The third kappa shape index (κ3) is 4.68. The highest BCUT2D eigenvalue weighted by Crippen LogP contribution is 2.18. The lowest BCUT2D eigenvalue weighted by molar-refractivity contribution is -0.135. The normalized spacial score (nSPS) is 17.9. The van der Waals surface area contributed by atoms with Gasteiger partial charge < -0.3 is 19.2 Å². The van der Waals surface area contributed by atoms with Gasteiger partial charge in [-0.05, 0) is 19.8 Å². The minimum atomic E-state index is -0.114. The first-order chi connectivity index (χ1) is 10.6. The Hall–Kier alpha value is -2.18. The van der Waals surface area contributed by atoms with E-state index >= 15 is 0 Å². The fraction of sp³-hybridized carbons (Fsp3) is 0.600. The molecule has 0 saturated carbocycles. The largest absolute Gasteiger partial charge is 0.480 e. The number of aromatic nitrogens is 2. The Morgan fingerprint density at radius 3 is 2.82 bits per heavy atom. The molecule has 1 aliphatic heterocycles. The highest BCUT2D eigenvalue weighted by molar-refractivity contribution is 5.83. The Labute approximate surface area is 129 Å². The number of hydrogen-bond acceptors (Lipinski definition) is 6. The van der Waals surface area contributed by atoms with E-state index in [4.69, 9.17) is 9.47 Å². The number of piperidine rings is 1. The number of methoxy groups -OCH3 is 1. The Morgan fingerprint density at radius 1 is 1.32 bits per heavy atom. The summed E-state index contributed by atoms with van der Waals surface area (Å²) < 4.78 is 10.8. The highest BCUT2D eigenvalue weighted by atomic mass is 16.5. The zero-order valence-corrected chi connectivity index (χ0v) is 12.9. The van der Waals surface area contributed by atoms with Crippen LogP contribution in [0, 0.1) is 0 Å². The van der Waals surface area contributed by atoms with Crippen LogP contribution in [-0.4, -0.2) is 52.9 Å². The van der Waals surface area contributed by atoms with Crippen LogP contribution in [0.3, 0.4) is 0 Å². The summed E-state index contributed by atoms with van der Waals surface area (Å²) in [5, 5.41) is 0. The highest BCUT2D eigenvalue weighted by Gasteiger charge is 2.25. The number of ketones is 1. The number of carbonyl (C=O) groups excluding carboxylic acids is 2. The number of ether oxygens (including phenoxy) is 2. The summed E-state index contributed by atoms with van der Waals surface area (Å²) in [6.07, 6.45) is 5.20. The van der Waals surface area contributed by atoms with E-state index in [0.29, 0.717) is 31.3 Å². The third-order valence-electron chi connectivity index (χ3n) is 3.51. The van der Waals surface area contributed by atoms with E-state index < -0.39 is 0 Å². The molecule has 22 heavy (non-hydrogen) atoms. The number of likely N-dealkylation sites (tertiary alicyclic amines) is 1. The van der Waals surface area contributed by atoms with Gasteiger partial charge in [-0.1, -0.05) is 0 Å². The number of Topliss-reactive ketones (excluding diaryl/α,β-unsaturated/α-hetero) is 1. The van der Waals surface area contributed by atoms with Crippen molar-refractivity contribution in [3.63, 3.8) is 0 Å². The van der Waals surface area contributed by atoms with Crippen molar-refractivity contribution in [3.8, 4) is 11.8 Å². The molecule has 7 nitrogen and oxygen atoms in total. The van der Waals surface area contributed by atoms with Gasteiger partial charge in [0.2, 0.25) is 17.7 Å². The van der Waals surface area contributed by atoms with Crippen LogP contribution in [-0.2, 0) is 9.59 Å². The van der Waals surface area contributed by atoms with Crippen molar-refractivity contribution in [2.24, 2.45) is 0 Å². The molecule has 1 aromatic heterocycles. The maximum Gasteiger partial charge on any atom is 0.235 e. The SMILES string of the molecule is COc1cncc(OC2CCCN(C(=O)CCC(C)=O)C2)n1. The second-order valence-electron chi connectivity index (χ2n) is 5.32. The number of nitrogens with zero attached hydrogens (tertiary/aromatic N) is 3. The van der Waals surface area contributed by atoms with Gasteiger partial charge in [0, 0.05) is 19.4 Å². The number of amides is 1. The fourth-order valence-corrected chi connectivity index (χ4v) is 2.36. The molecular weight excluding hydrogens is 286 g/mol. The summed E-state index contributed by atoms with van der Waals surface area (Å²) in [6.45, 7) is 2.72. The molecule has 1 aliphatic rings. The molecule has 2 heterocycles. The van der Waals surface area contributed by atoms with Crippen molar-refractivity contribution >= 4 is 11.7 Å². The minimum absolute atomic E-state index is 0.000210. The molecule has 0 spiro atoms. The van der Waals surface area contributed by atoms with E-state index in [0.717, 1.165) is 12.8 Å². The van der Waals surface area contributed by atoms with Crippen molar-refractivity contribution in [2.75, 3.05) is 20.2 Å². The Morgan fingerprint density at radius 2 is 2.09 bits per heavy atom. The molecule has 1 amide bonds. The van der Waals surface area contributed by atoms with Crippen molar-refractivity contribution in [3.05, 3.63) is 12.4 Å². The molecule has 120 valence electrons. The van der Waals surface area contributed by atoms with E-state index in [2.05, 4.69) is 9.97 Å². The first-order valence-electron chi connectivity index (χ1n) is 7.38. The summed E-state index contributed by atoms with van der Waals surface area (Å²) in [4.78, 5) is 33.0. The van der Waals surface area contributed by atoms with Crippen LogP contribution in [0.5, 0.6) is 11.8 Å². The van der Waals surface area contributed by atoms with E-state index in [9.17, 15) is 9.59 Å². The molecule has 0 N–H and O–H groups in total. The van der Waals surface area contributed by atoms with Gasteiger partial charge in [0.1, 0.15) is 11.9 Å². The molecule has 1 atom stereocenters. The lowest BCUT2D eigenvalue weighted by Crippen LogP contribution is -2.44. The van der Waals surface area contributed by atoms with Crippen LogP contribution in [0.15, 0.2) is 12.4 Å². The van der Waals surface area contributed by atoms with Crippen molar-refractivity contribution in [2.45, 2.75) is 38.7 Å². The second-order valence-corrected chi connectivity index (χ2v) is 5.32. The molecule has 0 aromatic carbocycles. The number of carbonyl (C=O) groups is 2. The Kier molecular flexibility index (Phi) is 5.68. The first kappa shape index (κ1) is 16.2. The lowest BCUT2D eigenvalue weighted by Gasteiger charge is -2.32. The molecule has 1 aromatic rings. The fourth-order valence-electron chi connectivity index (χ4n) is 2.36. The minimum Gasteiger partial charge on any atom is -0.480 e. The summed E-state index contributed by atoms with van der Waals surface area (Å²) in [6, 6.07) is 0. The predicted octanol–water partition coefficient (Wildman–Crippen LogP) is 1.22. The molecule has 1 saturated heterocycles. The quantitative estimate of drug-likeness (QED) is 0.786. The van der Waals surface area contributed by atoms with E-state index in [-0.39, 0.29) is 24.2 Å². The zero-order chi connectivity index (χ0) is 15.9. The first-order valence-corrected chi connectivity index (χ1v) is 7.38. The van der Waals surface area contributed by atoms with Crippen LogP contribution in [0.4, 0.5) is 0 Å². The van der Waals surface area contributed by atoms with Crippen LogP contribution in [0.1, 0.15) is 32.6 Å². The third-order valence-corrected chi connectivity index (χ3v) is 3.51. The maximum absolute atomic E-state index is 12.1. The molecular formula is C15H21N3O4. The van der Waals surface area contributed by atoms with Gasteiger partial charge in [0.15, 0.2) is 0 Å². The standard InChI is InChI=1S/C15H21N3O4/c1-11(19)5-6-15(20)18-7-3-4-12(10-18)22-14-9-16-8-13(17-14)21-2/h8-9,12H,3-7,10H2,1-2H3. The summed E-state index contributed by atoms with van der Waals surface area (Å²) in [5.74, 6) is 0.815. The van der Waals surface area contributed by atoms with Crippen LogP contribution in [0.25, 0.3) is 0 Å². The molecule has 0 aliphatic carbocycles. The molecule has 2 rings (SSSR count). The Balaban J connectivity index is 1.89. The van der Waals surface area contributed by atoms with Gasteiger partial charge in [-0.15, -0.1) is 0 Å². The molecule has 0 radical (unpaired) electrons. The van der Waals surface area contributed by atoms with Gasteiger partial charge in [0.05, 0.1) is 26.0 Å². The molecule has 1 unspecified atom stereocenters. The maximum atomic E-state index is 12.1. The molecule has 7 heteroatoms. The summed E-state index contributed by atoms with van der Waals surface area (Å²) in [5.41, 5.74) is 0. The van der Waals surface area contributed by atoms with Crippen molar-refractivity contribution < 1.29 is 19.1 Å². The van der Waals surface area contributed by atoms with Gasteiger partial charge in [-0.2, -0.15) is 4.98 Å².